The first-order valence-corrected chi connectivity index (χ1v) is 5.19. The topological polar surface area (TPSA) is 32.3 Å². The number of hydrogen-bond donors (Lipinski definition) is 1. The van der Waals surface area contributed by atoms with Crippen molar-refractivity contribution < 1.29 is 4.79 Å². The predicted octanol–water partition coefficient (Wildman–Crippen LogP) is 1.49. The fourth-order valence-electron chi connectivity index (χ4n) is 0.829. The van der Waals surface area contributed by atoms with Crippen molar-refractivity contribution in [1.82, 2.24) is 10.2 Å². The molecule has 0 fully saturated rings. The summed E-state index contributed by atoms with van der Waals surface area (Å²) in [6, 6.07) is 0.412. The smallest absolute Gasteiger partial charge is 0.234 e. The molecule has 0 radical (unpaired) electrons. The average Bonchev–Trinajstić information content (AvgIpc) is 1.99. The van der Waals surface area contributed by atoms with Gasteiger partial charge in [-0.3, -0.25) is 9.69 Å². The lowest BCUT2D eigenvalue weighted by Gasteiger charge is -2.23. The van der Waals surface area contributed by atoms with Crippen LogP contribution in [0.25, 0.3) is 0 Å². The molecule has 0 aliphatic heterocycles. The molecule has 3 heteroatoms. The van der Waals surface area contributed by atoms with Gasteiger partial charge in [-0.2, -0.15) is 0 Å². The van der Waals surface area contributed by atoms with Crippen molar-refractivity contribution >= 4 is 5.91 Å². The van der Waals surface area contributed by atoms with Crippen molar-refractivity contribution in [3.05, 3.63) is 0 Å². The Morgan fingerprint density at radius 3 is 2.21 bits per heavy atom. The second-order valence-corrected chi connectivity index (χ2v) is 5.35. The van der Waals surface area contributed by atoms with Crippen molar-refractivity contribution in [3.63, 3.8) is 0 Å². The van der Waals surface area contributed by atoms with Crippen molar-refractivity contribution in [3.8, 4) is 0 Å². The highest BCUT2D eigenvalue weighted by Crippen LogP contribution is 2.09. The van der Waals surface area contributed by atoms with Crippen molar-refractivity contribution in [1.29, 1.82) is 0 Å². The van der Waals surface area contributed by atoms with E-state index < -0.39 is 0 Å². The molecule has 0 aromatic rings. The zero-order valence-electron chi connectivity index (χ0n) is 10.3. The van der Waals surface area contributed by atoms with E-state index in [1.165, 1.54) is 0 Å². The lowest BCUT2D eigenvalue weighted by molar-refractivity contribution is -0.122. The molecule has 1 N–H and O–H groups in total. The molecule has 0 spiro atoms. The number of hydrogen-bond acceptors (Lipinski definition) is 2. The van der Waals surface area contributed by atoms with E-state index in [-0.39, 0.29) is 11.3 Å². The van der Waals surface area contributed by atoms with Gasteiger partial charge in [-0.05, 0) is 26.3 Å². The Balaban J connectivity index is 3.77. The lowest BCUT2D eigenvalue weighted by atomic mass is 9.97. The second-order valence-electron chi connectivity index (χ2n) is 5.35. The summed E-state index contributed by atoms with van der Waals surface area (Å²) in [6.45, 7) is 11.7. The summed E-state index contributed by atoms with van der Waals surface area (Å²) >= 11 is 0. The van der Waals surface area contributed by atoms with Crippen LogP contribution in [-0.4, -0.2) is 37.0 Å². The molecule has 0 bridgehead atoms. The second kappa shape index (κ2) is 5.35. The van der Waals surface area contributed by atoms with E-state index in [0.717, 1.165) is 6.54 Å². The molecule has 0 unspecified atom stereocenters. The zero-order chi connectivity index (χ0) is 11.4. The molecule has 0 saturated carbocycles. The summed E-state index contributed by atoms with van der Waals surface area (Å²) in [6.07, 6.45) is 0. The van der Waals surface area contributed by atoms with Gasteiger partial charge in [-0.1, -0.05) is 20.8 Å². The van der Waals surface area contributed by atoms with Crippen LogP contribution in [0.1, 0.15) is 34.6 Å². The Hall–Kier alpha value is -0.570. The lowest BCUT2D eigenvalue weighted by Crippen LogP contribution is -2.41. The van der Waals surface area contributed by atoms with Crippen LogP contribution in [0.4, 0.5) is 0 Å². The van der Waals surface area contributed by atoms with Gasteiger partial charge < -0.3 is 5.32 Å². The highest BCUT2D eigenvalue weighted by atomic mass is 16.2. The maximum Gasteiger partial charge on any atom is 0.234 e. The third kappa shape index (κ3) is 6.89. The van der Waals surface area contributed by atoms with E-state index in [1.54, 1.807) is 0 Å². The van der Waals surface area contributed by atoms with Gasteiger partial charge in [0.2, 0.25) is 5.91 Å². The SMILES string of the molecule is CC(C)N(C)CC(=O)NCC(C)(C)C. The first kappa shape index (κ1) is 13.4. The highest BCUT2D eigenvalue weighted by Gasteiger charge is 2.13. The van der Waals surface area contributed by atoms with Crippen LogP contribution in [-0.2, 0) is 4.79 Å². The molecular weight excluding hydrogens is 176 g/mol. The van der Waals surface area contributed by atoms with Crippen LogP contribution in [0.15, 0.2) is 0 Å². The molecule has 3 nitrogen and oxygen atoms in total. The number of amides is 1. The van der Waals surface area contributed by atoms with Gasteiger partial charge in [0.25, 0.3) is 0 Å². The normalized spacial score (nSPS) is 12.3. The summed E-state index contributed by atoms with van der Waals surface area (Å²) in [4.78, 5) is 13.5. The zero-order valence-corrected chi connectivity index (χ0v) is 10.3. The van der Waals surface area contributed by atoms with E-state index in [9.17, 15) is 4.79 Å². The summed E-state index contributed by atoms with van der Waals surface area (Å²) in [5.74, 6) is 0.108. The molecule has 84 valence electrons. The van der Waals surface area contributed by atoms with Gasteiger partial charge >= 0.3 is 0 Å². The number of nitrogens with one attached hydrogen (secondary N) is 1. The van der Waals surface area contributed by atoms with Crippen LogP contribution in [0.5, 0.6) is 0 Å². The Morgan fingerprint density at radius 1 is 1.36 bits per heavy atom. The molecule has 0 aliphatic carbocycles. The summed E-state index contributed by atoms with van der Waals surface area (Å²) in [7, 11) is 1.96. The van der Waals surface area contributed by atoms with Crippen LogP contribution < -0.4 is 5.32 Å². The largest absolute Gasteiger partial charge is 0.354 e. The molecule has 0 aliphatic rings. The van der Waals surface area contributed by atoms with Gasteiger partial charge in [0.1, 0.15) is 0 Å². The summed E-state index contributed by atoms with van der Waals surface area (Å²) in [5, 5.41) is 2.93. The van der Waals surface area contributed by atoms with Gasteiger partial charge in [0.05, 0.1) is 6.54 Å². The average molecular weight is 200 g/mol. The first-order chi connectivity index (χ1) is 6.22. The fourth-order valence-corrected chi connectivity index (χ4v) is 0.829. The van der Waals surface area contributed by atoms with E-state index in [4.69, 9.17) is 0 Å². The van der Waals surface area contributed by atoms with Crippen LogP contribution in [0.3, 0.4) is 0 Å². The number of carbonyl (C=O) groups excluding carboxylic acids is 1. The van der Waals surface area contributed by atoms with Crippen LogP contribution >= 0.6 is 0 Å². The standard InChI is InChI=1S/C11H24N2O/c1-9(2)13(6)7-10(14)12-8-11(3,4)5/h9H,7-8H2,1-6H3,(H,12,14). The van der Waals surface area contributed by atoms with Gasteiger partial charge in [-0.15, -0.1) is 0 Å². The van der Waals surface area contributed by atoms with Crippen molar-refractivity contribution in [2.24, 2.45) is 5.41 Å². The van der Waals surface area contributed by atoms with Crippen molar-refractivity contribution in [2.75, 3.05) is 20.1 Å². The molecule has 0 heterocycles. The predicted molar refractivity (Wildman–Crippen MR) is 60.2 cm³/mol. The van der Waals surface area contributed by atoms with E-state index in [0.29, 0.717) is 12.6 Å². The number of rotatable bonds is 4. The van der Waals surface area contributed by atoms with Crippen LogP contribution in [0.2, 0.25) is 0 Å². The highest BCUT2D eigenvalue weighted by molar-refractivity contribution is 5.78. The molecule has 0 aromatic carbocycles. The Kier molecular flexibility index (Phi) is 5.13. The minimum Gasteiger partial charge on any atom is -0.354 e. The molecule has 14 heavy (non-hydrogen) atoms. The van der Waals surface area contributed by atoms with Crippen LogP contribution in [0, 0.1) is 5.41 Å². The van der Waals surface area contributed by atoms with Crippen molar-refractivity contribution in [2.45, 2.75) is 40.7 Å². The van der Waals surface area contributed by atoms with Gasteiger partial charge in [0.15, 0.2) is 0 Å². The quantitative estimate of drug-likeness (QED) is 0.745. The molecule has 0 rings (SSSR count). The number of likely N-dealkylation sites (N-methyl/N-ethyl adjacent to an activating group) is 1. The van der Waals surface area contributed by atoms with Gasteiger partial charge in [0, 0.05) is 12.6 Å². The number of carbonyl (C=O) groups is 1. The Bertz CT molecular complexity index is 182. The van der Waals surface area contributed by atoms with E-state index in [2.05, 4.69) is 39.9 Å². The maximum absolute atomic E-state index is 11.5. The summed E-state index contributed by atoms with van der Waals surface area (Å²) < 4.78 is 0. The Morgan fingerprint density at radius 2 is 1.86 bits per heavy atom. The molecular formula is C11H24N2O. The molecule has 0 saturated heterocycles. The van der Waals surface area contributed by atoms with E-state index in [1.807, 2.05) is 11.9 Å². The van der Waals surface area contributed by atoms with E-state index >= 15 is 0 Å². The Labute approximate surface area is 87.9 Å². The maximum atomic E-state index is 11.5. The third-order valence-electron chi connectivity index (χ3n) is 2.09. The third-order valence-corrected chi connectivity index (χ3v) is 2.09. The first-order valence-electron chi connectivity index (χ1n) is 5.19. The minimum absolute atomic E-state index is 0.108. The fraction of sp³-hybridized carbons (Fsp3) is 0.909. The number of nitrogens with zero attached hydrogens (tertiary/aromatic N) is 1. The summed E-state index contributed by atoms with van der Waals surface area (Å²) in [5.41, 5.74) is 0.159. The van der Waals surface area contributed by atoms with Gasteiger partial charge in [-0.25, -0.2) is 0 Å². The molecule has 0 atom stereocenters. The molecule has 1 amide bonds. The minimum atomic E-state index is 0.108. The monoisotopic (exact) mass is 200 g/mol. The molecule has 0 aromatic heterocycles.